The number of hydrogen-bond acceptors (Lipinski definition) is 5. The number of nitrogens with zero attached hydrogens (tertiary/aromatic N) is 1. The largest absolute Gasteiger partial charge is 0.490 e. The summed E-state index contributed by atoms with van der Waals surface area (Å²) in [7, 11) is 0. The number of fused-ring (bicyclic) bond motifs is 1. The van der Waals surface area contributed by atoms with E-state index in [1.807, 2.05) is 0 Å². The molecule has 2 N–H and O–H groups in total. The number of carboxylic acid groups (broad SMARTS) is 1. The number of alkyl halides is 3. The van der Waals surface area contributed by atoms with E-state index in [1.165, 1.54) is 18.4 Å². The van der Waals surface area contributed by atoms with Crippen molar-refractivity contribution in [1.82, 2.24) is 5.32 Å². The van der Waals surface area contributed by atoms with Crippen LogP contribution in [0.5, 0.6) is 0 Å². The average Bonchev–Trinajstić information content (AvgIpc) is 3.18. The van der Waals surface area contributed by atoms with Crippen LogP contribution < -0.4 is 5.32 Å². The second kappa shape index (κ2) is 8.26. The minimum absolute atomic E-state index is 0.172. The van der Waals surface area contributed by atoms with Crippen molar-refractivity contribution in [3.63, 3.8) is 0 Å². The van der Waals surface area contributed by atoms with E-state index in [2.05, 4.69) is 40.8 Å². The molecule has 1 saturated heterocycles. The number of oxime groups is 1. The van der Waals surface area contributed by atoms with Crippen LogP contribution in [-0.2, 0) is 14.4 Å². The van der Waals surface area contributed by atoms with E-state index < -0.39 is 12.1 Å². The first-order chi connectivity index (χ1) is 12.8. The van der Waals surface area contributed by atoms with Crippen LogP contribution >= 0.6 is 0 Å². The molecule has 2 heterocycles. The normalized spacial score (nSPS) is 28.9. The summed E-state index contributed by atoms with van der Waals surface area (Å²) in [6.07, 6.45) is -2.46. The highest BCUT2D eigenvalue weighted by molar-refractivity contribution is 5.90. The highest BCUT2D eigenvalue weighted by Gasteiger charge is 2.40. The van der Waals surface area contributed by atoms with Crippen LogP contribution in [0.1, 0.15) is 24.3 Å². The number of ether oxygens (including phenoxy) is 1. The number of carboxylic acids is 1. The summed E-state index contributed by atoms with van der Waals surface area (Å²) in [6, 6.07) is 11.4. The Balaban J connectivity index is 0.000000260. The van der Waals surface area contributed by atoms with Gasteiger partial charge < -0.3 is 20.0 Å². The maximum atomic E-state index is 10.6. The van der Waals surface area contributed by atoms with Crippen LogP contribution in [0.15, 0.2) is 35.5 Å². The summed E-state index contributed by atoms with van der Waals surface area (Å²) < 4.78 is 37.2. The van der Waals surface area contributed by atoms with Crippen molar-refractivity contribution < 1.29 is 32.6 Å². The fourth-order valence-electron chi connectivity index (χ4n) is 3.35. The number of halogens is 3. The second-order valence-electron chi connectivity index (χ2n) is 6.83. The lowest BCUT2D eigenvalue weighted by Crippen LogP contribution is -2.43. The van der Waals surface area contributed by atoms with Gasteiger partial charge in [-0.15, -0.1) is 0 Å². The van der Waals surface area contributed by atoms with Gasteiger partial charge in [0.05, 0.1) is 24.8 Å². The third kappa shape index (κ3) is 4.98. The lowest BCUT2D eigenvalue weighted by molar-refractivity contribution is -0.192. The Hall–Kier alpha value is -2.13. The molecular weight excluding hydrogens is 365 g/mol. The molecule has 0 bridgehead atoms. The fraction of sp³-hybridized carbons (Fsp3) is 0.556. The van der Waals surface area contributed by atoms with Crippen molar-refractivity contribution in [2.45, 2.75) is 37.1 Å². The van der Waals surface area contributed by atoms with Gasteiger partial charge in [-0.1, -0.05) is 35.5 Å². The molecule has 0 aromatic heterocycles. The van der Waals surface area contributed by atoms with Gasteiger partial charge in [-0.25, -0.2) is 4.79 Å². The van der Waals surface area contributed by atoms with Gasteiger partial charge in [0.2, 0.25) is 0 Å². The topological polar surface area (TPSA) is 80.2 Å². The van der Waals surface area contributed by atoms with Gasteiger partial charge in [-0.05, 0) is 24.3 Å². The maximum Gasteiger partial charge on any atom is 0.490 e. The highest BCUT2D eigenvalue weighted by Crippen LogP contribution is 2.36. The predicted octanol–water partition coefficient (Wildman–Crippen LogP) is 2.56. The Bertz CT molecular complexity index is 675. The number of aliphatic carboxylic acids is 1. The lowest BCUT2D eigenvalue weighted by Gasteiger charge is -2.36. The quantitative estimate of drug-likeness (QED) is 0.831. The zero-order valence-electron chi connectivity index (χ0n) is 14.5. The Kier molecular flexibility index (Phi) is 6.01. The molecule has 2 aliphatic heterocycles. The number of benzene rings is 1. The molecule has 0 spiro atoms. The van der Waals surface area contributed by atoms with Gasteiger partial charge >= 0.3 is 12.1 Å². The van der Waals surface area contributed by atoms with Gasteiger partial charge in [0.25, 0.3) is 0 Å². The van der Waals surface area contributed by atoms with Crippen LogP contribution in [0, 0.1) is 5.92 Å². The monoisotopic (exact) mass is 386 g/mol. The summed E-state index contributed by atoms with van der Waals surface area (Å²) in [5.74, 6) is -1.65. The smallest absolute Gasteiger partial charge is 0.475 e. The second-order valence-corrected chi connectivity index (χ2v) is 6.83. The number of carbonyl (C=O) groups is 1. The number of rotatable bonds is 4. The SMILES string of the molecule is O=C(O)C(F)(F)F.c1ccc(C2CC(NCC3=NO[C@@H]4COC[C@H]34)C2)cc1. The first-order valence-electron chi connectivity index (χ1n) is 8.73. The molecule has 4 rings (SSSR count). The van der Waals surface area contributed by atoms with Gasteiger partial charge in [-0.2, -0.15) is 13.2 Å². The van der Waals surface area contributed by atoms with Crippen molar-refractivity contribution in [2.24, 2.45) is 11.1 Å². The highest BCUT2D eigenvalue weighted by atomic mass is 19.4. The molecule has 0 radical (unpaired) electrons. The molecule has 148 valence electrons. The van der Waals surface area contributed by atoms with E-state index in [4.69, 9.17) is 19.5 Å². The molecule has 1 aromatic carbocycles. The molecule has 0 amide bonds. The van der Waals surface area contributed by atoms with E-state index >= 15 is 0 Å². The molecule has 2 atom stereocenters. The summed E-state index contributed by atoms with van der Waals surface area (Å²) in [6.45, 7) is 2.30. The molecule has 9 heteroatoms. The van der Waals surface area contributed by atoms with Crippen molar-refractivity contribution in [3.05, 3.63) is 35.9 Å². The zero-order valence-corrected chi connectivity index (χ0v) is 14.5. The summed E-state index contributed by atoms with van der Waals surface area (Å²) >= 11 is 0. The number of hydrogen-bond donors (Lipinski definition) is 2. The molecule has 3 aliphatic rings. The zero-order chi connectivity index (χ0) is 19.4. The van der Waals surface area contributed by atoms with Crippen LogP contribution in [0.25, 0.3) is 0 Å². The lowest BCUT2D eigenvalue weighted by atomic mass is 9.76. The van der Waals surface area contributed by atoms with E-state index in [1.54, 1.807) is 0 Å². The van der Waals surface area contributed by atoms with Gasteiger partial charge in [0.15, 0.2) is 6.10 Å². The summed E-state index contributed by atoms with van der Waals surface area (Å²) in [4.78, 5) is 14.3. The summed E-state index contributed by atoms with van der Waals surface area (Å²) in [5, 5.41) is 14.9. The van der Waals surface area contributed by atoms with Gasteiger partial charge in [0.1, 0.15) is 0 Å². The molecule has 1 saturated carbocycles. The molecule has 1 aliphatic carbocycles. The predicted molar refractivity (Wildman–Crippen MR) is 90.5 cm³/mol. The molecular formula is C18H21F3N2O4. The Morgan fingerprint density at radius 3 is 2.52 bits per heavy atom. The van der Waals surface area contributed by atoms with E-state index in [0.717, 1.165) is 24.8 Å². The van der Waals surface area contributed by atoms with E-state index in [0.29, 0.717) is 18.6 Å². The molecule has 0 unspecified atom stereocenters. The Morgan fingerprint density at radius 2 is 1.89 bits per heavy atom. The van der Waals surface area contributed by atoms with Crippen molar-refractivity contribution >= 4 is 11.7 Å². The minimum Gasteiger partial charge on any atom is -0.475 e. The Morgan fingerprint density at radius 1 is 1.22 bits per heavy atom. The average molecular weight is 386 g/mol. The molecule has 1 aromatic rings. The minimum atomic E-state index is -5.08. The first kappa shape index (κ1) is 19.6. The van der Waals surface area contributed by atoms with Crippen LogP contribution in [0.3, 0.4) is 0 Å². The maximum absolute atomic E-state index is 10.6. The van der Waals surface area contributed by atoms with Crippen molar-refractivity contribution in [1.29, 1.82) is 0 Å². The van der Waals surface area contributed by atoms with Crippen LogP contribution in [0.2, 0.25) is 0 Å². The van der Waals surface area contributed by atoms with E-state index in [-0.39, 0.29) is 6.10 Å². The van der Waals surface area contributed by atoms with Crippen LogP contribution in [-0.4, -0.2) is 54.9 Å². The first-order valence-corrected chi connectivity index (χ1v) is 8.73. The van der Waals surface area contributed by atoms with Gasteiger partial charge in [0, 0.05) is 12.6 Å². The molecule has 6 nitrogen and oxygen atoms in total. The van der Waals surface area contributed by atoms with E-state index in [9.17, 15) is 13.2 Å². The molecule has 2 fully saturated rings. The van der Waals surface area contributed by atoms with Crippen molar-refractivity contribution in [3.8, 4) is 0 Å². The fourth-order valence-corrected chi connectivity index (χ4v) is 3.35. The third-order valence-corrected chi connectivity index (χ3v) is 4.99. The van der Waals surface area contributed by atoms with Crippen LogP contribution in [0.4, 0.5) is 13.2 Å². The third-order valence-electron chi connectivity index (χ3n) is 4.99. The Labute approximate surface area is 154 Å². The molecule has 27 heavy (non-hydrogen) atoms. The van der Waals surface area contributed by atoms with Gasteiger partial charge in [-0.3, -0.25) is 0 Å². The number of nitrogens with one attached hydrogen (secondary N) is 1. The summed E-state index contributed by atoms with van der Waals surface area (Å²) in [5.41, 5.74) is 2.60. The van der Waals surface area contributed by atoms with Crippen molar-refractivity contribution in [2.75, 3.05) is 19.8 Å². The standard InChI is InChI=1S/C16H20N2O2.C2HF3O2/c1-2-4-11(5-3-1)12-6-13(7-12)17-8-15-14-9-19-10-16(14)20-18-15;3-2(4,5)1(6)7/h1-5,12-14,16-17H,6-10H2;(H,6,7)/t12?,13?,14-,16-;/m1./s1.